The van der Waals surface area contributed by atoms with Gasteiger partial charge in [-0.15, -0.1) is 0 Å². The number of hydrogen-bond donors (Lipinski definition) is 0. The van der Waals surface area contributed by atoms with Crippen LogP contribution < -0.4 is 19.7 Å². The predicted molar refractivity (Wildman–Crippen MR) is 116 cm³/mol. The summed E-state index contributed by atoms with van der Waals surface area (Å²) < 4.78 is 25.5. The van der Waals surface area contributed by atoms with Gasteiger partial charge in [-0.05, 0) is 37.8 Å². The highest BCUT2D eigenvalue weighted by Gasteiger charge is 2.24. The molecule has 0 saturated carbocycles. The lowest BCUT2D eigenvalue weighted by molar-refractivity contribution is 0.117. The molecular formula is C24H32N2O4. The summed E-state index contributed by atoms with van der Waals surface area (Å²) in [4.78, 5) is 4.95. The van der Waals surface area contributed by atoms with E-state index in [1.54, 1.807) is 14.2 Å². The summed E-state index contributed by atoms with van der Waals surface area (Å²) in [5, 5.41) is 0. The van der Waals surface area contributed by atoms with Crippen molar-refractivity contribution in [2.75, 3.05) is 34.0 Å². The molecular weight excluding hydrogens is 380 g/mol. The Morgan fingerprint density at radius 1 is 1.17 bits per heavy atom. The molecule has 0 spiro atoms. The molecule has 1 atom stereocenters. The Labute approximate surface area is 178 Å². The molecule has 1 unspecified atom stereocenters. The maximum absolute atomic E-state index is 6.09. The first kappa shape index (κ1) is 20.8. The van der Waals surface area contributed by atoms with Crippen molar-refractivity contribution in [3.05, 3.63) is 35.3 Å². The second-order valence-electron chi connectivity index (χ2n) is 7.84. The quantitative estimate of drug-likeness (QED) is 0.616. The van der Waals surface area contributed by atoms with E-state index in [1.165, 1.54) is 5.56 Å². The Hall–Kier alpha value is -2.47. The molecule has 6 nitrogen and oxygen atoms in total. The van der Waals surface area contributed by atoms with Gasteiger partial charge in [0.2, 0.25) is 0 Å². The Morgan fingerprint density at radius 2 is 2.00 bits per heavy atom. The average molecular weight is 413 g/mol. The minimum atomic E-state index is 0.219. The summed E-state index contributed by atoms with van der Waals surface area (Å²) in [7, 11) is 3.43. The highest BCUT2D eigenvalue weighted by Crippen LogP contribution is 2.42. The second-order valence-corrected chi connectivity index (χ2v) is 7.84. The van der Waals surface area contributed by atoms with Crippen LogP contribution in [0.1, 0.15) is 38.2 Å². The normalized spacial score (nSPS) is 18.1. The van der Waals surface area contributed by atoms with Gasteiger partial charge < -0.3 is 23.5 Å². The number of nitrogens with zero attached hydrogens (tertiary/aromatic N) is 2. The number of aromatic nitrogens is 1. The SMILES string of the molecule is CCCCOc1cc2n(/c(=N/CC3CCCO3)c1)CCc1c(OC)ccc(OC)c1-2. The first-order chi connectivity index (χ1) is 14.7. The van der Waals surface area contributed by atoms with Gasteiger partial charge in [0, 0.05) is 36.4 Å². The predicted octanol–water partition coefficient (Wildman–Crippen LogP) is 3.99. The van der Waals surface area contributed by atoms with E-state index in [2.05, 4.69) is 23.6 Å². The van der Waals surface area contributed by atoms with Crippen molar-refractivity contribution in [2.24, 2.45) is 4.99 Å². The van der Waals surface area contributed by atoms with E-state index < -0.39 is 0 Å². The third-order valence-electron chi connectivity index (χ3n) is 5.88. The summed E-state index contributed by atoms with van der Waals surface area (Å²) in [6.45, 7) is 5.23. The van der Waals surface area contributed by atoms with Crippen LogP contribution in [0.3, 0.4) is 0 Å². The van der Waals surface area contributed by atoms with Gasteiger partial charge in [-0.3, -0.25) is 4.99 Å². The van der Waals surface area contributed by atoms with E-state index in [1.807, 2.05) is 12.1 Å². The van der Waals surface area contributed by atoms with E-state index in [0.29, 0.717) is 13.2 Å². The lowest BCUT2D eigenvalue weighted by Crippen LogP contribution is -2.28. The molecule has 2 aliphatic rings. The molecule has 0 amide bonds. The Balaban J connectivity index is 1.82. The highest BCUT2D eigenvalue weighted by molar-refractivity contribution is 5.76. The summed E-state index contributed by atoms with van der Waals surface area (Å²) in [5.41, 5.74) is 4.24. The summed E-state index contributed by atoms with van der Waals surface area (Å²) >= 11 is 0. The third kappa shape index (κ3) is 4.19. The molecule has 2 aromatic rings. The molecule has 3 heterocycles. The van der Waals surface area contributed by atoms with Gasteiger partial charge in [0.25, 0.3) is 0 Å². The van der Waals surface area contributed by atoms with Crippen molar-refractivity contribution in [3.8, 4) is 28.5 Å². The van der Waals surface area contributed by atoms with Crippen molar-refractivity contribution >= 4 is 0 Å². The summed E-state index contributed by atoms with van der Waals surface area (Å²) in [6.07, 6.45) is 5.42. The van der Waals surface area contributed by atoms with Crippen molar-refractivity contribution in [1.29, 1.82) is 0 Å². The van der Waals surface area contributed by atoms with E-state index in [0.717, 1.165) is 79.2 Å². The average Bonchev–Trinajstić information content (AvgIpc) is 3.30. The third-order valence-corrected chi connectivity index (χ3v) is 5.88. The van der Waals surface area contributed by atoms with Crippen molar-refractivity contribution in [1.82, 2.24) is 4.57 Å². The van der Waals surface area contributed by atoms with Gasteiger partial charge >= 0.3 is 0 Å². The standard InChI is InChI=1S/C24H32N2O4/c1-4-5-12-30-18-14-20-24-19(21(27-2)8-9-22(24)28-3)10-11-26(20)23(15-18)25-16-17-7-6-13-29-17/h8-9,14-15,17H,4-7,10-13,16H2,1-3H3/b25-23+. The van der Waals surface area contributed by atoms with Gasteiger partial charge in [0.05, 0.1) is 39.2 Å². The molecule has 0 N–H and O–H groups in total. The van der Waals surface area contributed by atoms with Crippen molar-refractivity contribution in [3.63, 3.8) is 0 Å². The smallest absolute Gasteiger partial charge is 0.131 e. The first-order valence-electron chi connectivity index (χ1n) is 11.0. The maximum atomic E-state index is 6.09. The number of ether oxygens (including phenoxy) is 4. The molecule has 2 aliphatic heterocycles. The lowest BCUT2D eigenvalue weighted by atomic mass is 9.95. The first-order valence-corrected chi connectivity index (χ1v) is 11.0. The molecule has 4 rings (SSSR count). The maximum Gasteiger partial charge on any atom is 0.131 e. The zero-order chi connectivity index (χ0) is 20.9. The molecule has 162 valence electrons. The minimum absolute atomic E-state index is 0.219. The lowest BCUT2D eigenvalue weighted by Gasteiger charge is -2.26. The molecule has 1 saturated heterocycles. The fraction of sp³-hybridized carbons (Fsp3) is 0.542. The van der Waals surface area contributed by atoms with Crippen molar-refractivity contribution in [2.45, 2.75) is 51.7 Å². The van der Waals surface area contributed by atoms with E-state index in [9.17, 15) is 0 Å². The zero-order valence-corrected chi connectivity index (χ0v) is 18.3. The van der Waals surface area contributed by atoms with Crippen LogP contribution in [0.2, 0.25) is 0 Å². The van der Waals surface area contributed by atoms with Gasteiger partial charge in [-0.1, -0.05) is 13.3 Å². The molecule has 30 heavy (non-hydrogen) atoms. The largest absolute Gasteiger partial charge is 0.496 e. The monoisotopic (exact) mass is 412 g/mol. The van der Waals surface area contributed by atoms with Crippen LogP contribution in [0.15, 0.2) is 29.3 Å². The van der Waals surface area contributed by atoms with Gasteiger partial charge in [0.1, 0.15) is 22.7 Å². The van der Waals surface area contributed by atoms with Crippen LogP contribution in [0, 0.1) is 0 Å². The number of pyridine rings is 1. The Morgan fingerprint density at radius 3 is 2.73 bits per heavy atom. The Kier molecular flexibility index (Phi) is 6.62. The van der Waals surface area contributed by atoms with Crippen LogP contribution in [-0.4, -0.2) is 44.6 Å². The summed E-state index contributed by atoms with van der Waals surface area (Å²) in [6, 6.07) is 8.13. The van der Waals surface area contributed by atoms with Crippen LogP contribution in [0.25, 0.3) is 11.3 Å². The fourth-order valence-corrected chi connectivity index (χ4v) is 4.28. The highest BCUT2D eigenvalue weighted by atomic mass is 16.5. The number of benzene rings is 1. The van der Waals surface area contributed by atoms with Gasteiger partial charge in [0.15, 0.2) is 0 Å². The summed E-state index contributed by atoms with van der Waals surface area (Å²) in [5.74, 6) is 2.58. The molecule has 6 heteroatoms. The number of rotatable bonds is 8. The number of fused-ring (bicyclic) bond motifs is 3. The minimum Gasteiger partial charge on any atom is -0.496 e. The molecule has 0 aliphatic carbocycles. The van der Waals surface area contributed by atoms with Crippen LogP contribution in [0.4, 0.5) is 0 Å². The topological polar surface area (TPSA) is 54.2 Å². The van der Waals surface area contributed by atoms with Crippen LogP contribution in [-0.2, 0) is 17.7 Å². The number of methoxy groups -OCH3 is 2. The van der Waals surface area contributed by atoms with E-state index in [4.69, 9.17) is 23.9 Å². The fourth-order valence-electron chi connectivity index (χ4n) is 4.28. The van der Waals surface area contributed by atoms with Gasteiger partial charge in [-0.2, -0.15) is 0 Å². The molecule has 1 fully saturated rings. The van der Waals surface area contributed by atoms with Crippen LogP contribution in [0.5, 0.6) is 17.2 Å². The number of hydrogen-bond acceptors (Lipinski definition) is 5. The molecule has 0 radical (unpaired) electrons. The van der Waals surface area contributed by atoms with E-state index >= 15 is 0 Å². The number of unbranched alkanes of at least 4 members (excludes halogenated alkanes) is 1. The molecule has 0 bridgehead atoms. The van der Waals surface area contributed by atoms with Gasteiger partial charge in [-0.25, -0.2) is 0 Å². The molecule has 1 aromatic heterocycles. The van der Waals surface area contributed by atoms with E-state index in [-0.39, 0.29) is 6.10 Å². The van der Waals surface area contributed by atoms with Crippen LogP contribution >= 0.6 is 0 Å². The Bertz CT molecular complexity index is 945. The molecule has 1 aromatic carbocycles. The zero-order valence-electron chi connectivity index (χ0n) is 18.3. The van der Waals surface area contributed by atoms with Crippen molar-refractivity contribution < 1.29 is 18.9 Å². The second kappa shape index (κ2) is 9.56.